The Morgan fingerprint density at radius 2 is 1.54 bits per heavy atom. The summed E-state index contributed by atoms with van der Waals surface area (Å²) in [4.78, 5) is 0. The summed E-state index contributed by atoms with van der Waals surface area (Å²) in [6.07, 6.45) is 19.0. The van der Waals surface area contributed by atoms with E-state index in [2.05, 4.69) is 19.1 Å². The average molecular weight is 361 g/mol. The van der Waals surface area contributed by atoms with Gasteiger partial charge in [-0.15, -0.1) is 0 Å². The number of benzene rings is 1. The molecule has 2 fully saturated rings. The second-order valence-corrected chi connectivity index (χ2v) is 8.53. The van der Waals surface area contributed by atoms with Crippen LogP contribution in [0.15, 0.2) is 30.4 Å². The fourth-order valence-electron chi connectivity index (χ4n) is 5.11. The fourth-order valence-corrected chi connectivity index (χ4v) is 5.11. The SMILES string of the molecule is CCCC/C=C/[C@H]1CC[C@H](C2CCC(c3ccc(F)c(F)c3)CC2)CC1. The second kappa shape index (κ2) is 9.67. The highest BCUT2D eigenvalue weighted by Crippen LogP contribution is 2.44. The normalized spacial score (nSPS) is 30.0. The first kappa shape index (κ1) is 19.6. The number of unbranched alkanes of at least 4 members (excludes halogenated alkanes) is 2. The molecule has 0 heterocycles. The molecule has 0 aromatic heterocycles. The fraction of sp³-hybridized carbons (Fsp3) is 0.667. The zero-order chi connectivity index (χ0) is 18.4. The van der Waals surface area contributed by atoms with E-state index in [1.807, 2.05) is 0 Å². The first-order chi connectivity index (χ1) is 12.7. The van der Waals surface area contributed by atoms with Crippen molar-refractivity contribution < 1.29 is 8.78 Å². The van der Waals surface area contributed by atoms with Gasteiger partial charge in [0.25, 0.3) is 0 Å². The molecule has 0 bridgehead atoms. The lowest BCUT2D eigenvalue weighted by Crippen LogP contribution is -2.25. The van der Waals surface area contributed by atoms with Crippen LogP contribution in [0, 0.1) is 29.4 Å². The van der Waals surface area contributed by atoms with Gasteiger partial charge >= 0.3 is 0 Å². The third kappa shape index (κ3) is 5.18. The van der Waals surface area contributed by atoms with Crippen molar-refractivity contribution in [2.45, 2.75) is 83.5 Å². The molecule has 0 unspecified atom stereocenters. The summed E-state index contributed by atoms with van der Waals surface area (Å²) < 4.78 is 26.6. The van der Waals surface area contributed by atoms with Crippen LogP contribution in [0.2, 0.25) is 0 Å². The molecular weight excluding hydrogens is 326 g/mol. The minimum Gasteiger partial charge on any atom is -0.204 e. The lowest BCUT2D eigenvalue weighted by atomic mass is 9.68. The lowest BCUT2D eigenvalue weighted by Gasteiger charge is -2.37. The van der Waals surface area contributed by atoms with Gasteiger partial charge in [-0.2, -0.15) is 0 Å². The number of hydrogen-bond acceptors (Lipinski definition) is 0. The number of halogens is 2. The summed E-state index contributed by atoms with van der Waals surface area (Å²) in [7, 11) is 0. The summed E-state index contributed by atoms with van der Waals surface area (Å²) in [5.74, 6) is 1.53. The van der Waals surface area contributed by atoms with E-state index < -0.39 is 11.6 Å². The van der Waals surface area contributed by atoms with Crippen molar-refractivity contribution in [2.24, 2.45) is 17.8 Å². The molecule has 3 rings (SSSR count). The first-order valence-corrected chi connectivity index (χ1v) is 10.8. The smallest absolute Gasteiger partial charge is 0.159 e. The van der Waals surface area contributed by atoms with Crippen molar-refractivity contribution in [1.82, 2.24) is 0 Å². The average Bonchev–Trinajstić information content (AvgIpc) is 2.68. The highest BCUT2D eigenvalue weighted by Gasteiger charge is 2.30. The van der Waals surface area contributed by atoms with E-state index in [1.54, 1.807) is 6.07 Å². The van der Waals surface area contributed by atoms with Crippen LogP contribution in [0.4, 0.5) is 8.78 Å². The van der Waals surface area contributed by atoms with Gasteiger partial charge in [-0.05, 0) is 99.2 Å². The van der Waals surface area contributed by atoms with E-state index in [1.165, 1.54) is 69.9 Å². The highest BCUT2D eigenvalue weighted by atomic mass is 19.2. The highest BCUT2D eigenvalue weighted by molar-refractivity contribution is 5.22. The van der Waals surface area contributed by atoms with Crippen LogP contribution in [0.3, 0.4) is 0 Å². The zero-order valence-corrected chi connectivity index (χ0v) is 16.2. The summed E-state index contributed by atoms with van der Waals surface area (Å²) in [5, 5.41) is 0. The molecule has 144 valence electrons. The molecule has 1 aromatic carbocycles. The zero-order valence-electron chi connectivity index (χ0n) is 16.2. The monoisotopic (exact) mass is 360 g/mol. The first-order valence-electron chi connectivity index (χ1n) is 10.8. The maximum atomic E-state index is 13.5. The van der Waals surface area contributed by atoms with Crippen LogP contribution in [0.1, 0.15) is 89.0 Å². The summed E-state index contributed by atoms with van der Waals surface area (Å²) >= 11 is 0. The molecule has 2 saturated carbocycles. The molecule has 0 radical (unpaired) electrons. The van der Waals surface area contributed by atoms with Crippen LogP contribution in [0.5, 0.6) is 0 Å². The molecule has 2 aliphatic carbocycles. The van der Waals surface area contributed by atoms with Crippen molar-refractivity contribution in [3.63, 3.8) is 0 Å². The molecule has 1 aromatic rings. The van der Waals surface area contributed by atoms with Gasteiger partial charge in [0.15, 0.2) is 11.6 Å². The lowest BCUT2D eigenvalue weighted by molar-refractivity contribution is 0.171. The number of hydrogen-bond donors (Lipinski definition) is 0. The quantitative estimate of drug-likeness (QED) is 0.359. The Morgan fingerprint density at radius 1 is 0.885 bits per heavy atom. The standard InChI is InChI=1S/C24H34F2/c1-2-3-4-5-6-18-7-9-19(10-8-18)20-11-13-21(14-12-20)22-15-16-23(25)24(26)17-22/h5-6,15-21H,2-4,7-14H2,1H3/b6-5+/t18-,19-,20?,21?. The van der Waals surface area contributed by atoms with E-state index in [0.29, 0.717) is 5.92 Å². The molecule has 0 atom stereocenters. The Labute approximate surface area is 158 Å². The van der Waals surface area contributed by atoms with E-state index in [9.17, 15) is 8.78 Å². The van der Waals surface area contributed by atoms with Crippen LogP contribution in [-0.2, 0) is 0 Å². The summed E-state index contributed by atoms with van der Waals surface area (Å²) in [6.45, 7) is 2.25. The second-order valence-electron chi connectivity index (χ2n) is 8.53. The number of rotatable bonds is 6. The molecule has 0 aliphatic heterocycles. The Balaban J connectivity index is 1.43. The number of allylic oxidation sites excluding steroid dienone is 2. The van der Waals surface area contributed by atoms with Gasteiger partial charge in [0.2, 0.25) is 0 Å². The van der Waals surface area contributed by atoms with E-state index in [4.69, 9.17) is 0 Å². The third-order valence-corrected chi connectivity index (χ3v) is 6.80. The molecule has 0 saturated heterocycles. The predicted molar refractivity (Wildman–Crippen MR) is 105 cm³/mol. The third-order valence-electron chi connectivity index (χ3n) is 6.80. The molecule has 0 spiro atoms. The topological polar surface area (TPSA) is 0 Å². The van der Waals surface area contributed by atoms with Crippen LogP contribution in [0.25, 0.3) is 0 Å². The van der Waals surface area contributed by atoms with E-state index >= 15 is 0 Å². The summed E-state index contributed by atoms with van der Waals surface area (Å²) in [5.41, 5.74) is 0.989. The predicted octanol–water partition coefficient (Wildman–Crippen LogP) is 7.79. The van der Waals surface area contributed by atoms with Gasteiger partial charge in [0.05, 0.1) is 0 Å². The maximum absolute atomic E-state index is 13.5. The van der Waals surface area contributed by atoms with Crippen molar-refractivity contribution in [1.29, 1.82) is 0 Å². The molecule has 2 heteroatoms. The van der Waals surface area contributed by atoms with Crippen LogP contribution < -0.4 is 0 Å². The van der Waals surface area contributed by atoms with Crippen LogP contribution >= 0.6 is 0 Å². The van der Waals surface area contributed by atoms with Crippen molar-refractivity contribution in [3.8, 4) is 0 Å². The Kier molecular flexibility index (Phi) is 7.28. The molecule has 0 nitrogen and oxygen atoms in total. The molecule has 2 aliphatic rings. The van der Waals surface area contributed by atoms with Crippen LogP contribution in [-0.4, -0.2) is 0 Å². The van der Waals surface area contributed by atoms with Gasteiger partial charge in [0.1, 0.15) is 0 Å². The largest absolute Gasteiger partial charge is 0.204 e. The molecule has 26 heavy (non-hydrogen) atoms. The summed E-state index contributed by atoms with van der Waals surface area (Å²) in [6, 6.07) is 4.47. The van der Waals surface area contributed by atoms with Gasteiger partial charge in [-0.3, -0.25) is 0 Å². The van der Waals surface area contributed by atoms with Gasteiger partial charge in [-0.25, -0.2) is 8.78 Å². The van der Waals surface area contributed by atoms with E-state index in [-0.39, 0.29) is 0 Å². The molecule has 0 amide bonds. The Bertz CT molecular complexity index is 576. The minimum absolute atomic E-state index is 0.416. The van der Waals surface area contributed by atoms with Gasteiger partial charge < -0.3 is 0 Å². The minimum atomic E-state index is -0.733. The van der Waals surface area contributed by atoms with Gasteiger partial charge in [-0.1, -0.05) is 38.0 Å². The van der Waals surface area contributed by atoms with Crippen molar-refractivity contribution >= 4 is 0 Å². The van der Waals surface area contributed by atoms with Crippen molar-refractivity contribution in [3.05, 3.63) is 47.5 Å². The maximum Gasteiger partial charge on any atom is 0.159 e. The molecule has 0 N–H and O–H groups in total. The van der Waals surface area contributed by atoms with Crippen molar-refractivity contribution in [2.75, 3.05) is 0 Å². The van der Waals surface area contributed by atoms with Gasteiger partial charge in [0, 0.05) is 0 Å². The molecular formula is C24H34F2. The Morgan fingerprint density at radius 3 is 2.15 bits per heavy atom. The Hall–Kier alpha value is -1.18. The van der Waals surface area contributed by atoms with E-state index in [0.717, 1.165) is 36.2 Å².